The molecule has 0 N–H and O–H groups in total. The number of hydrogen-bond donors (Lipinski definition) is 0. The van der Waals surface area contributed by atoms with Gasteiger partial charge in [-0.3, -0.25) is 0 Å². The summed E-state index contributed by atoms with van der Waals surface area (Å²) in [6.45, 7) is 2.20. The summed E-state index contributed by atoms with van der Waals surface area (Å²) < 4.78 is 5.37. The van der Waals surface area contributed by atoms with Crippen LogP contribution in [0.5, 0.6) is 0 Å². The Morgan fingerprint density at radius 3 is 2.81 bits per heavy atom. The first-order valence-electron chi connectivity index (χ1n) is 6.13. The van der Waals surface area contributed by atoms with Crippen LogP contribution in [-0.4, -0.2) is 5.97 Å². The van der Waals surface area contributed by atoms with E-state index in [1.807, 2.05) is 24.3 Å². The van der Waals surface area contributed by atoms with Gasteiger partial charge in [0.15, 0.2) is 0 Å². The second kappa shape index (κ2) is 5.15. The molecule has 0 saturated carbocycles. The number of carbonyl (C=O) groups is 1. The van der Waals surface area contributed by atoms with Gasteiger partial charge in [-0.15, -0.1) is 0 Å². The Morgan fingerprint density at radius 1 is 1.19 bits per heavy atom. The van der Waals surface area contributed by atoms with Gasteiger partial charge in [0, 0.05) is 5.56 Å². The monoisotopic (exact) mass is 218 g/mol. The fourth-order valence-corrected chi connectivity index (χ4v) is 2.19. The lowest BCUT2D eigenvalue weighted by atomic mass is 10.0. The molecule has 0 fully saturated rings. The van der Waals surface area contributed by atoms with E-state index >= 15 is 0 Å². The van der Waals surface area contributed by atoms with Crippen LogP contribution in [-0.2, 0) is 4.74 Å². The lowest BCUT2D eigenvalue weighted by Gasteiger charge is -2.09. The Bertz CT molecular complexity index is 371. The third kappa shape index (κ3) is 2.26. The lowest BCUT2D eigenvalue weighted by Crippen LogP contribution is -1.98. The molecule has 0 bridgehead atoms. The van der Waals surface area contributed by atoms with Gasteiger partial charge in [-0.25, -0.2) is 4.79 Å². The normalized spacial score (nSPS) is 18.3. The van der Waals surface area contributed by atoms with Crippen molar-refractivity contribution in [3.63, 3.8) is 0 Å². The standard InChI is InChI=1S/C14H18O2/c1-2-3-4-5-10-13-11-8-6-7-9-12(11)14(15)16-13/h6-9,13H,2-5,10H2,1H3. The van der Waals surface area contributed by atoms with Gasteiger partial charge in [-0.2, -0.15) is 0 Å². The molecule has 16 heavy (non-hydrogen) atoms. The minimum atomic E-state index is -0.156. The first-order chi connectivity index (χ1) is 7.83. The second-order valence-corrected chi connectivity index (χ2v) is 4.33. The Kier molecular flexibility index (Phi) is 3.60. The van der Waals surface area contributed by atoms with Crippen LogP contribution in [0, 0.1) is 0 Å². The average Bonchev–Trinajstić information content (AvgIpc) is 2.63. The topological polar surface area (TPSA) is 26.3 Å². The molecule has 1 aromatic carbocycles. The zero-order valence-corrected chi connectivity index (χ0v) is 9.74. The summed E-state index contributed by atoms with van der Waals surface area (Å²) in [5.41, 5.74) is 1.83. The molecule has 1 heterocycles. The minimum absolute atomic E-state index is 0.000515. The van der Waals surface area contributed by atoms with Crippen molar-refractivity contribution >= 4 is 5.97 Å². The highest BCUT2D eigenvalue weighted by Gasteiger charge is 2.29. The third-order valence-electron chi connectivity index (χ3n) is 3.10. The van der Waals surface area contributed by atoms with Crippen molar-refractivity contribution in [2.45, 2.75) is 45.1 Å². The smallest absolute Gasteiger partial charge is 0.339 e. The van der Waals surface area contributed by atoms with Crippen molar-refractivity contribution in [2.24, 2.45) is 0 Å². The van der Waals surface area contributed by atoms with E-state index in [0.29, 0.717) is 0 Å². The van der Waals surface area contributed by atoms with Crippen molar-refractivity contribution in [3.05, 3.63) is 35.4 Å². The van der Waals surface area contributed by atoms with Crippen LogP contribution in [0.4, 0.5) is 0 Å². The summed E-state index contributed by atoms with van der Waals surface area (Å²) in [5.74, 6) is -0.156. The average molecular weight is 218 g/mol. The van der Waals surface area contributed by atoms with Crippen molar-refractivity contribution in [1.29, 1.82) is 0 Å². The van der Waals surface area contributed by atoms with Gasteiger partial charge in [0.05, 0.1) is 5.56 Å². The Morgan fingerprint density at radius 2 is 2.00 bits per heavy atom. The van der Waals surface area contributed by atoms with Gasteiger partial charge in [0.1, 0.15) is 6.10 Å². The summed E-state index contributed by atoms with van der Waals surface area (Å²) >= 11 is 0. The summed E-state index contributed by atoms with van der Waals surface area (Å²) in [5, 5.41) is 0. The number of unbranched alkanes of at least 4 members (excludes halogenated alkanes) is 3. The van der Waals surface area contributed by atoms with E-state index in [-0.39, 0.29) is 12.1 Å². The van der Waals surface area contributed by atoms with E-state index in [2.05, 4.69) is 6.92 Å². The molecule has 1 aromatic rings. The third-order valence-corrected chi connectivity index (χ3v) is 3.10. The highest BCUT2D eigenvalue weighted by Crippen LogP contribution is 2.33. The maximum atomic E-state index is 11.5. The number of ether oxygens (including phenoxy) is 1. The molecule has 0 spiro atoms. The maximum Gasteiger partial charge on any atom is 0.339 e. The summed E-state index contributed by atoms with van der Waals surface area (Å²) in [4.78, 5) is 11.5. The van der Waals surface area contributed by atoms with Gasteiger partial charge in [-0.1, -0.05) is 44.4 Å². The molecule has 0 amide bonds. The largest absolute Gasteiger partial charge is 0.454 e. The van der Waals surface area contributed by atoms with Crippen LogP contribution < -0.4 is 0 Å². The van der Waals surface area contributed by atoms with Gasteiger partial charge in [-0.05, 0) is 18.9 Å². The quantitative estimate of drug-likeness (QED) is 0.554. The number of cyclic esters (lactones) is 1. The van der Waals surface area contributed by atoms with Crippen LogP contribution in [0.15, 0.2) is 24.3 Å². The van der Waals surface area contributed by atoms with Crippen molar-refractivity contribution < 1.29 is 9.53 Å². The Balaban J connectivity index is 1.96. The predicted octanol–water partition coefficient (Wildman–Crippen LogP) is 3.87. The molecular weight excluding hydrogens is 200 g/mol. The SMILES string of the molecule is CCCCCCC1OC(=O)c2ccccc21. The Hall–Kier alpha value is -1.31. The molecule has 1 unspecified atom stereocenters. The summed E-state index contributed by atoms with van der Waals surface area (Å²) in [6, 6.07) is 7.72. The second-order valence-electron chi connectivity index (χ2n) is 4.33. The van der Waals surface area contributed by atoms with E-state index in [1.165, 1.54) is 19.3 Å². The lowest BCUT2D eigenvalue weighted by molar-refractivity contribution is 0.0363. The minimum Gasteiger partial charge on any atom is -0.454 e. The van der Waals surface area contributed by atoms with Gasteiger partial charge >= 0.3 is 5.97 Å². The van der Waals surface area contributed by atoms with E-state index < -0.39 is 0 Å². The van der Waals surface area contributed by atoms with Gasteiger partial charge < -0.3 is 4.74 Å². The van der Waals surface area contributed by atoms with Crippen LogP contribution in [0.3, 0.4) is 0 Å². The molecule has 1 aliphatic rings. The zero-order valence-electron chi connectivity index (χ0n) is 9.74. The predicted molar refractivity (Wildman–Crippen MR) is 63.4 cm³/mol. The fraction of sp³-hybridized carbons (Fsp3) is 0.500. The molecular formula is C14H18O2. The van der Waals surface area contributed by atoms with E-state index in [1.54, 1.807) is 0 Å². The van der Waals surface area contributed by atoms with Crippen LogP contribution >= 0.6 is 0 Å². The molecule has 2 rings (SSSR count). The number of rotatable bonds is 5. The first kappa shape index (κ1) is 11.2. The zero-order chi connectivity index (χ0) is 11.4. The summed E-state index contributed by atoms with van der Waals surface area (Å²) in [7, 11) is 0. The first-order valence-corrected chi connectivity index (χ1v) is 6.13. The molecule has 1 atom stereocenters. The Labute approximate surface area is 96.6 Å². The van der Waals surface area contributed by atoms with Crippen LogP contribution in [0.1, 0.15) is 61.1 Å². The maximum absolute atomic E-state index is 11.5. The number of fused-ring (bicyclic) bond motifs is 1. The van der Waals surface area contributed by atoms with Crippen LogP contribution in [0.25, 0.3) is 0 Å². The van der Waals surface area contributed by atoms with Crippen LogP contribution in [0.2, 0.25) is 0 Å². The van der Waals surface area contributed by atoms with Crippen molar-refractivity contribution in [1.82, 2.24) is 0 Å². The molecule has 86 valence electrons. The molecule has 0 saturated heterocycles. The van der Waals surface area contributed by atoms with Gasteiger partial charge in [0.25, 0.3) is 0 Å². The number of hydrogen-bond acceptors (Lipinski definition) is 2. The van der Waals surface area contributed by atoms with Crippen molar-refractivity contribution in [2.75, 3.05) is 0 Å². The molecule has 0 aromatic heterocycles. The van der Waals surface area contributed by atoms with E-state index in [9.17, 15) is 4.79 Å². The van der Waals surface area contributed by atoms with E-state index in [4.69, 9.17) is 4.74 Å². The fourth-order valence-electron chi connectivity index (χ4n) is 2.19. The molecule has 2 nitrogen and oxygen atoms in total. The van der Waals surface area contributed by atoms with Gasteiger partial charge in [0.2, 0.25) is 0 Å². The summed E-state index contributed by atoms with van der Waals surface area (Å²) in [6.07, 6.45) is 5.83. The number of carbonyl (C=O) groups excluding carboxylic acids is 1. The number of benzene rings is 1. The number of esters is 1. The molecule has 0 radical (unpaired) electrons. The van der Waals surface area contributed by atoms with Crippen molar-refractivity contribution in [3.8, 4) is 0 Å². The van der Waals surface area contributed by atoms with E-state index in [0.717, 1.165) is 24.0 Å². The molecule has 0 aliphatic carbocycles. The highest BCUT2D eigenvalue weighted by molar-refractivity contribution is 5.93. The molecule has 1 aliphatic heterocycles. The molecule has 2 heteroatoms. The highest BCUT2D eigenvalue weighted by atomic mass is 16.5.